The summed E-state index contributed by atoms with van der Waals surface area (Å²) < 4.78 is 25.0. The molecule has 3 aliphatic heterocycles. The molecule has 4 aliphatic rings. The first kappa shape index (κ1) is 29.6. The second-order valence-electron chi connectivity index (χ2n) is 13.2. The quantitative estimate of drug-likeness (QED) is 0.295. The van der Waals surface area contributed by atoms with E-state index >= 15 is 0 Å². The number of fused-ring (bicyclic) bond motifs is 2. The van der Waals surface area contributed by atoms with Gasteiger partial charge in [-0.05, 0) is 81.2 Å². The van der Waals surface area contributed by atoms with E-state index in [1.165, 1.54) is 0 Å². The van der Waals surface area contributed by atoms with Gasteiger partial charge in [0.05, 0.1) is 24.8 Å². The van der Waals surface area contributed by atoms with Gasteiger partial charge in [-0.1, -0.05) is 41.9 Å². The standard InChI is InChI=1S/C36H41ClN2O5/c1-22-18-23(2)38-33(41-21-25-8-6-5-7-9-25)29(22)20-39-15-12-27-30(34(39)40)24(3)28-19-35(4,44-32(28)31(27)37)26-10-13-36(14-11-26)42-16-17-43-36/h5-9,18,26H,10-17,19-21H2,1-4H3. The summed E-state index contributed by atoms with van der Waals surface area (Å²) in [5.41, 5.74) is 7.29. The fraction of sp³-hybridized carbons (Fsp3) is 0.500. The fourth-order valence-electron chi connectivity index (χ4n) is 7.79. The second kappa shape index (κ2) is 11.3. The Morgan fingerprint density at radius 1 is 1.07 bits per heavy atom. The van der Waals surface area contributed by atoms with E-state index in [0.717, 1.165) is 82.5 Å². The number of hydrogen-bond donors (Lipinski definition) is 0. The lowest BCUT2D eigenvalue weighted by Crippen LogP contribution is -2.45. The first-order valence-electron chi connectivity index (χ1n) is 15.9. The molecule has 0 N–H and O–H groups in total. The number of ether oxygens (including phenoxy) is 4. The maximum absolute atomic E-state index is 14.2. The number of carbonyl (C=O) groups excluding carboxylic acids is 1. The molecule has 3 aromatic rings. The minimum Gasteiger partial charge on any atom is -0.485 e. The third-order valence-corrected chi connectivity index (χ3v) is 10.7. The van der Waals surface area contributed by atoms with Gasteiger partial charge in [0, 0.05) is 48.2 Å². The number of aryl methyl sites for hydroxylation is 2. The zero-order chi connectivity index (χ0) is 30.6. The molecular formula is C36H41ClN2O5. The van der Waals surface area contributed by atoms with Gasteiger partial charge in [0.1, 0.15) is 18.0 Å². The SMILES string of the molecule is Cc1cc(C)c(CN2CCc3c(Cl)c4c(c(C)c3C2=O)CC(C)(C2CCC3(CC2)OCCO3)O4)c(OCc2ccccc2)n1. The molecule has 8 heteroatoms. The van der Waals surface area contributed by atoms with E-state index < -0.39 is 5.79 Å². The number of benzene rings is 2. The minimum atomic E-state index is -0.404. The first-order valence-corrected chi connectivity index (χ1v) is 16.3. The number of amides is 1. The van der Waals surface area contributed by atoms with Crippen LogP contribution >= 0.6 is 11.6 Å². The lowest BCUT2D eigenvalue weighted by atomic mass is 9.73. The van der Waals surface area contributed by atoms with Crippen molar-refractivity contribution in [3.05, 3.63) is 86.1 Å². The molecule has 7 rings (SSSR count). The van der Waals surface area contributed by atoms with E-state index in [4.69, 9.17) is 35.5 Å². The summed E-state index contributed by atoms with van der Waals surface area (Å²) in [5, 5.41) is 0.604. The highest BCUT2D eigenvalue weighted by atomic mass is 35.5. The molecule has 1 aromatic heterocycles. The van der Waals surface area contributed by atoms with Gasteiger partial charge in [-0.15, -0.1) is 0 Å². The summed E-state index contributed by atoms with van der Waals surface area (Å²) in [6.45, 7) is 11.1. The lowest BCUT2D eigenvalue weighted by Gasteiger charge is -2.41. The normalized spacial score (nSPS) is 22.7. The van der Waals surface area contributed by atoms with Gasteiger partial charge in [-0.25, -0.2) is 4.98 Å². The van der Waals surface area contributed by atoms with Crippen LogP contribution in [-0.2, 0) is 35.5 Å². The Bertz CT molecular complexity index is 1590. The predicted molar refractivity (Wildman–Crippen MR) is 168 cm³/mol. The third-order valence-electron chi connectivity index (χ3n) is 10.3. The van der Waals surface area contributed by atoms with Crippen LogP contribution < -0.4 is 9.47 Å². The van der Waals surface area contributed by atoms with Crippen molar-refractivity contribution in [3.8, 4) is 11.6 Å². The number of aromatic nitrogens is 1. The topological polar surface area (TPSA) is 70.1 Å². The van der Waals surface area contributed by atoms with Crippen molar-refractivity contribution in [2.24, 2.45) is 5.92 Å². The number of halogens is 1. The van der Waals surface area contributed by atoms with Crippen LogP contribution in [0.15, 0.2) is 36.4 Å². The average Bonchev–Trinajstić information content (AvgIpc) is 3.63. The molecule has 1 unspecified atom stereocenters. The zero-order valence-corrected chi connectivity index (χ0v) is 26.9. The maximum Gasteiger partial charge on any atom is 0.254 e. The molecule has 1 amide bonds. The van der Waals surface area contributed by atoms with Gasteiger partial charge in [-0.3, -0.25) is 4.79 Å². The fourth-order valence-corrected chi connectivity index (χ4v) is 8.13. The monoisotopic (exact) mass is 616 g/mol. The number of rotatable bonds is 6. The van der Waals surface area contributed by atoms with Crippen LogP contribution in [0.5, 0.6) is 11.6 Å². The van der Waals surface area contributed by atoms with Crippen molar-refractivity contribution >= 4 is 17.5 Å². The van der Waals surface area contributed by atoms with Gasteiger partial charge >= 0.3 is 0 Å². The third kappa shape index (κ3) is 5.17. The largest absolute Gasteiger partial charge is 0.485 e. The molecule has 1 atom stereocenters. The van der Waals surface area contributed by atoms with Gasteiger partial charge in [0.25, 0.3) is 5.91 Å². The van der Waals surface area contributed by atoms with Gasteiger partial charge < -0.3 is 23.8 Å². The average molecular weight is 617 g/mol. The molecule has 1 aliphatic carbocycles. The Morgan fingerprint density at radius 2 is 1.80 bits per heavy atom. The first-order chi connectivity index (χ1) is 21.2. The minimum absolute atomic E-state index is 0.00572. The number of hydrogen-bond acceptors (Lipinski definition) is 6. The van der Waals surface area contributed by atoms with E-state index in [0.29, 0.717) is 56.2 Å². The summed E-state index contributed by atoms with van der Waals surface area (Å²) in [6.07, 6.45) is 5.14. The van der Waals surface area contributed by atoms with Crippen molar-refractivity contribution in [1.29, 1.82) is 0 Å². The Kier molecular flexibility index (Phi) is 7.62. The smallest absolute Gasteiger partial charge is 0.254 e. The molecule has 44 heavy (non-hydrogen) atoms. The van der Waals surface area contributed by atoms with Gasteiger partial charge in [-0.2, -0.15) is 0 Å². The number of nitrogens with zero attached hydrogens (tertiary/aromatic N) is 2. The summed E-state index contributed by atoms with van der Waals surface area (Å²) in [6, 6.07) is 12.1. The van der Waals surface area contributed by atoms with Crippen LogP contribution in [0.4, 0.5) is 0 Å². The molecular weight excluding hydrogens is 576 g/mol. The highest BCUT2D eigenvalue weighted by Gasteiger charge is 2.50. The van der Waals surface area contributed by atoms with Crippen LogP contribution in [0.25, 0.3) is 0 Å². The van der Waals surface area contributed by atoms with E-state index in [1.54, 1.807) is 0 Å². The molecule has 232 valence electrons. The van der Waals surface area contributed by atoms with E-state index in [9.17, 15) is 4.79 Å². The molecule has 0 bridgehead atoms. The van der Waals surface area contributed by atoms with Crippen LogP contribution in [0.1, 0.15) is 82.0 Å². The predicted octanol–water partition coefficient (Wildman–Crippen LogP) is 7.06. The highest BCUT2D eigenvalue weighted by Crippen LogP contribution is 2.52. The Labute approximate surface area is 264 Å². The Hall–Kier alpha value is -3.13. The van der Waals surface area contributed by atoms with Crippen LogP contribution in [-0.4, -0.2) is 46.9 Å². The molecule has 0 radical (unpaired) electrons. The molecule has 4 heterocycles. The van der Waals surface area contributed by atoms with E-state index in [-0.39, 0.29) is 11.5 Å². The molecule has 1 saturated heterocycles. The van der Waals surface area contributed by atoms with Crippen LogP contribution in [0.2, 0.25) is 5.02 Å². The molecule has 1 saturated carbocycles. The molecule has 1 spiro atoms. The zero-order valence-electron chi connectivity index (χ0n) is 26.1. The van der Waals surface area contributed by atoms with Crippen molar-refractivity contribution in [2.75, 3.05) is 19.8 Å². The van der Waals surface area contributed by atoms with Crippen molar-refractivity contribution in [2.45, 2.75) is 90.8 Å². The Balaban J connectivity index is 1.13. The molecule has 2 fully saturated rings. The van der Waals surface area contributed by atoms with Crippen LogP contribution in [0.3, 0.4) is 0 Å². The summed E-state index contributed by atoms with van der Waals surface area (Å²) in [5.74, 6) is 1.32. The van der Waals surface area contributed by atoms with Crippen molar-refractivity contribution in [3.63, 3.8) is 0 Å². The highest BCUT2D eigenvalue weighted by molar-refractivity contribution is 6.33. The summed E-state index contributed by atoms with van der Waals surface area (Å²) >= 11 is 7.08. The summed E-state index contributed by atoms with van der Waals surface area (Å²) in [4.78, 5) is 20.9. The van der Waals surface area contributed by atoms with Gasteiger partial charge in [0.15, 0.2) is 5.79 Å². The molecule has 7 nitrogen and oxygen atoms in total. The van der Waals surface area contributed by atoms with E-state index in [1.807, 2.05) is 42.2 Å². The Morgan fingerprint density at radius 3 is 2.52 bits per heavy atom. The summed E-state index contributed by atoms with van der Waals surface area (Å²) in [7, 11) is 0. The van der Waals surface area contributed by atoms with Gasteiger partial charge in [0.2, 0.25) is 5.88 Å². The van der Waals surface area contributed by atoms with Crippen molar-refractivity contribution in [1.82, 2.24) is 9.88 Å². The lowest BCUT2D eigenvalue weighted by molar-refractivity contribution is -0.190. The number of carbonyl (C=O) groups is 1. The van der Waals surface area contributed by atoms with E-state index in [2.05, 4.69) is 26.8 Å². The van der Waals surface area contributed by atoms with Crippen molar-refractivity contribution < 1.29 is 23.7 Å². The second-order valence-corrected chi connectivity index (χ2v) is 13.6. The van der Waals surface area contributed by atoms with Crippen LogP contribution in [0, 0.1) is 26.7 Å². The maximum atomic E-state index is 14.2. The molecule has 2 aromatic carbocycles. The number of pyridine rings is 1.